The van der Waals surface area contributed by atoms with Crippen LogP contribution < -0.4 is 10.1 Å². The van der Waals surface area contributed by atoms with E-state index in [-0.39, 0.29) is 0 Å². The molecular formula is C14H21NOS. The van der Waals surface area contributed by atoms with Gasteiger partial charge in [-0.05, 0) is 42.8 Å². The molecule has 2 nitrogen and oxygen atoms in total. The first-order chi connectivity index (χ1) is 8.35. The molecule has 1 aliphatic rings. The molecule has 3 heteroatoms. The van der Waals surface area contributed by atoms with E-state index in [1.54, 1.807) is 7.11 Å². The van der Waals surface area contributed by atoms with Gasteiger partial charge in [0, 0.05) is 11.3 Å². The minimum Gasteiger partial charge on any atom is -0.497 e. The topological polar surface area (TPSA) is 21.3 Å². The molecule has 2 atom stereocenters. The van der Waals surface area contributed by atoms with Crippen LogP contribution in [0.15, 0.2) is 24.3 Å². The van der Waals surface area contributed by atoms with Gasteiger partial charge in [-0.2, -0.15) is 11.8 Å². The van der Waals surface area contributed by atoms with Crippen LogP contribution in [0, 0.1) is 0 Å². The molecule has 17 heavy (non-hydrogen) atoms. The number of benzene rings is 1. The Labute approximate surface area is 108 Å². The fourth-order valence-electron chi connectivity index (χ4n) is 2.36. The normalized spacial score (nSPS) is 21.4. The van der Waals surface area contributed by atoms with E-state index >= 15 is 0 Å². The fraction of sp³-hybridized carbons (Fsp3) is 0.571. The first kappa shape index (κ1) is 12.8. The molecule has 2 unspecified atom stereocenters. The SMILES string of the molecule is CCNC(c1ccc(OC)cc1)C1CCCS1. The molecule has 1 aromatic carbocycles. The summed E-state index contributed by atoms with van der Waals surface area (Å²) >= 11 is 2.10. The summed E-state index contributed by atoms with van der Waals surface area (Å²) in [5, 5.41) is 4.34. The van der Waals surface area contributed by atoms with Gasteiger partial charge in [0.1, 0.15) is 5.75 Å². The van der Waals surface area contributed by atoms with Gasteiger partial charge >= 0.3 is 0 Å². The van der Waals surface area contributed by atoms with Gasteiger partial charge in [0.2, 0.25) is 0 Å². The lowest BCUT2D eigenvalue weighted by molar-refractivity contribution is 0.414. The number of hydrogen-bond donors (Lipinski definition) is 1. The number of hydrogen-bond acceptors (Lipinski definition) is 3. The lowest BCUT2D eigenvalue weighted by Gasteiger charge is -2.24. The Morgan fingerprint density at radius 3 is 2.71 bits per heavy atom. The van der Waals surface area contributed by atoms with Crippen LogP contribution in [0.25, 0.3) is 0 Å². The maximum Gasteiger partial charge on any atom is 0.118 e. The maximum atomic E-state index is 5.21. The van der Waals surface area contributed by atoms with Crippen molar-refractivity contribution in [3.63, 3.8) is 0 Å². The van der Waals surface area contributed by atoms with Crippen molar-refractivity contribution < 1.29 is 4.74 Å². The van der Waals surface area contributed by atoms with Crippen LogP contribution in [0.3, 0.4) is 0 Å². The van der Waals surface area contributed by atoms with Crippen molar-refractivity contribution in [2.75, 3.05) is 19.4 Å². The standard InChI is InChI=1S/C14H21NOS/c1-3-15-14(13-5-4-10-17-13)11-6-8-12(16-2)9-7-11/h6-9,13-15H,3-5,10H2,1-2H3. The summed E-state index contributed by atoms with van der Waals surface area (Å²) in [6.45, 7) is 3.20. The minimum atomic E-state index is 0.485. The van der Waals surface area contributed by atoms with E-state index < -0.39 is 0 Å². The summed E-state index contributed by atoms with van der Waals surface area (Å²) in [5.41, 5.74) is 1.38. The van der Waals surface area contributed by atoms with Crippen molar-refractivity contribution in [3.8, 4) is 5.75 Å². The molecule has 0 bridgehead atoms. The quantitative estimate of drug-likeness (QED) is 0.868. The average molecular weight is 251 g/mol. The molecule has 1 aliphatic heterocycles. The summed E-state index contributed by atoms with van der Waals surface area (Å²) in [6.07, 6.45) is 2.68. The van der Waals surface area contributed by atoms with Crippen molar-refractivity contribution >= 4 is 11.8 Å². The predicted octanol–water partition coefficient (Wildman–Crippen LogP) is 3.24. The highest BCUT2D eigenvalue weighted by molar-refractivity contribution is 8.00. The van der Waals surface area contributed by atoms with Gasteiger partial charge in [-0.3, -0.25) is 0 Å². The van der Waals surface area contributed by atoms with Crippen molar-refractivity contribution in [2.24, 2.45) is 0 Å². The number of ether oxygens (including phenoxy) is 1. The van der Waals surface area contributed by atoms with Gasteiger partial charge in [0.15, 0.2) is 0 Å². The second kappa shape index (κ2) is 6.31. The van der Waals surface area contributed by atoms with Crippen LogP contribution in [0.2, 0.25) is 0 Å². The second-order valence-corrected chi connectivity index (χ2v) is 5.71. The smallest absolute Gasteiger partial charge is 0.118 e. The number of thioether (sulfide) groups is 1. The molecule has 0 aromatic heterocycles. The molecule has 0 spiro atoms. The second-order valence-electron chi connectivity index (χ2n) is 4.36. The Balaban J connectivity index is 2.12. The Kier molecular flexibility index (Phi) is 4.75. The molecule has 2 rings (SSSR count). The first-order valence-corrected chi connectivity index (χ1v) is 7.39. The van der Waals surface area contributed by atoms with E-state index in [1.807, 2.05) is 0 Å². The molecule has 1 fully saturated rings. The summed E-state index contributed by atoms with van der Waals surface area (Å²) in [6, 6.07) is 8.97. The number of nitrogens with one attached hydrogen (secondary N) is 1. The predicted molar refractivity (Wildman–Crippen MR) is 74.9 cm³/mol. The molecule has 0 amide bonds. The Morgan fingerprint density at radius 1 is 1.41 bits per heavy atom. The first-order valence-electron chi connectivity index (χ1n) is 6.34. The highest BCUT2D eigenvalue weighted by atomic mass is 32.2. The molecule has 1 N–H and O–H groups in total. The highest BCUT2D eigenvalue weighted by Gasteiger charge is 2.26. The van der Waals surface area contributed by atoms with E-state index in [0.29, 0.717) is 6.04 Å². The molecule has 94 valence electrons. The van der Waals surface area contributed by atoms with Gasteiger partial charge in [0.25, 0.3) is 0 Å². The molecule has 0 aliphatic carbocycles. The van der Waals surface area contributed by atoms with Gasteiger partial charge in [-0.1, -0.05) is 19.1 Å². The minimum absolute atomic E-state index is 0.485. The Hall–Kier alpha value is -0.670. The average Bonchev–Trinajstić information content (AvgIpc) is 2.90. The van der Waals surface area contributed by atoms with Crippen LogP contribution in [0.1, 0.15) is 31.4 Å². The van der Waals surface area contributed by atoms with Crippen LogP contribution in [-0.4, -0.2) is 24.7 Å². The number of rotatable bonds is 5. The number of methoxy groups -OCH3 is 1. The largest absolute Gasteiger partial charge is 0.497 e. The third-order valence-corrected chi connectivity index (χ3v) is 4.70. The molecular weight excluding hydrogens is 230 g/mol. The molecule has 0 radical (unpaired) electrons. The van der Waals surface area contributed by atoms with E-state index in [4.69, 9.17) is 4.74 Å². The lowest BCUT2D eigenvalue weighted by atomic mass is 10.0. The third-order valence-electron chi connectivity index (χ3n) is 3.24. The highest BCUT2D eigenvalue weighted by Crippen LogP contribution is 2.36. The lowest BCUT2D eigenvalue weighted by Crippen LogP contribution is -2.28. The van der Waals surface area contributed by atoms with Crippen molar-refractivity contribution in [1.82, 2.24) is 5.32 Å². The van der Waals surface area contributed by atoms with Crippen LogP contribution in [0.5, 0.6) is 5.75 Å². The van der Waals surface area contributed by atoms with Crippen LogP contribution >= 0.6 is 11.8 Å². The molecule has 1 aromatic rings. The van der Waals surface area contributed by atoms with E-state index in [9.17, 15) is 0 Å². The van der Waals surface area contributed by atoms with Crippen molar-refractivity contribution in [3.05, 3.63) is 29.8 Å². The van der Waals surface area contributed by atoms with Gasteiger partial charge in [-0.15, -0.1) is 0 Å². The van der Waals surface area contributed by atoms with Crippen LogP contribution in [0.4, 0.5) is 0 Å². The summed E-state index contributed by atoms with van der Waals surface area (Å²) < 4.78 is 5.21. The van der Waals surface area contributed by atoms with Crippen molar-refractivity contribution in [2.45, 2.75) is 31.1 Å². The molecule has 0 saturated carbocycles. The summed E-state index contributed by atoms with van der Waals surface area (Å²) in [5.74, 6) is 2.24. The van der Waals surface area contributed by atoms with Crippen molar-refractivity contribution in [1.29, 1.82) is 0 Å². The molecule has 1 heterocycles. The summed E-state index contributed by atoms with van der Waals surface area (Å²) in [7, 11) is 1.71. The monoisotopic (exact) mass is 251 g/mol. The van der Waals surface area contributed by atoms with E-state index in [0.717, 1.165) is 17.5 Å². The third kappa shape index (κ3) is 3.17. The van der Waals surface area contributed by atoms with E-state index in [2.05, 4.69) is 48.3 Å². The summed E-state index contributed by atoms with van der Waals surface area (Å²) in [4.78, 5) is 0. The Morgan fingerprint density at radius 2 is 2.18 bits per heavy atom. The zero-order valence-electron chi connectivity index (χ0n) is 10.6. The maximum absolute atomic E-state index is 5.21. The zero-order chi connectivity index (χ0) is 12.1. The van der Waals surface area contributed by atoms with Gasteiger partial charge in [0.05, 0.1) is 7.11 Å². The van der Waals surface area contributed by atoms with Gasteiger partial charge < -0.3 is 10.1 Å². The van der Waals surface area contributed by atoms with Crippen LogP contribution in [-0.2, 0) is 0 Å². The van der Waals surface area contributed by atoms with Gasteiger partial charge in [-0.25, -0.2) is 0 Å². The van der Waals surface area contributed by atoms with E-state index in [1.165, 1.54) is 24.2 Å². The zero-order valence-corrected chi connectivity index (χ0v) is 11.4. The Bertz CT molecular complexity index is 333. The fourth-order valence-corrected chi connectivity index (χ4v) is 3.78. The molecule has 1 saturated heterocycles.